The van der Waals surface area contributed by atoms with Crippen LogP contribution in [0.3, 0.4) is 0 Å². The Kier molecular flexibility index (Phi) is 4.59. The first kappa shape index (κ1) is 15.9. The molecule has 122 valence electrons. The van der Waals surface area contributed by atoms with Gasteiger partial charge in [0.05, 0.1) is 24.2 Å². The number of nitrogens with one attached hydrogen (secondary N) is 1. The van der Waals surface area contributed by atoms with E-state index in [2.05, 4.69) is 16.4 Å². The molecular weight excluding hydrogens is 290 g/mol. The number of aliphatic hydroxyl groups excluding tert-OH is 1. The SMILES string of the molecule is CN(C)CC(=O)N[C@H](c1cnc2ccccc2c1)C1CC(O)C1. The van der Waals surface area contributed by atoms with E-state index >= 15 is 0 Å². The van der Waals surface area contributed by atoms with Crippen LogP contribution in [0.2, 0.25) is 0 Å². The quantitative estimate of drug-likeness (QED) is 0.882. The molecule has 5 heteroatoms. The molecule has 0 saturated heterocycles. The third-order valence-electron chi connectivity index (χ3n) is 4.37. The minimum atomic E-state index is -0.248. The van der Waals surface area contributed by atoms with Crippen molar-refractivity contribution in [1.29, 1.82) is 0 Å². The number of pyridine rings is 1. The Morgan fingerprint density at radius 2 is 2.13 bits per heavy atom. The molecule has 5 nitrogen and oxygen atoms in total. The Hall–Kier alpha value is -1.98. The number of hydrogen-bond donors (Lipinski definition) is 2. The third kappa shape index (κ3) is 3.68. The van der Waals surface area contributed by atoms with Crippen molar-refractivity contribution in [2.24, 2.45) is 5.92 Å². The molecule has 0 aliphatic heterocycles. The molecular formula is C18H23N3O2. The molecule has 0 radical (unpaired) electrons. The van der Waals surface area contributed by atoms with Crippen molar-refractivity contribution < 1.29 is 9.90 Å². The fourth-order valence-corrected chi connectivity index (χ4v) is 3.14. The van der Waals surface area contributed by atoms with E-state index in [1.165, 1.54) is 0 Å². The summed E-state index contributed by atoms with van der Waals surface area (Å²) in [7, 11) is 3.75. The summed E-state index contributed by atoms with van der Waals surface area (Å²) in [5.41, 5.74) is 1.95. The largest absolute Gasteiger partial charge is 0.393 e. The lowest BCUT2D eigenvalue weighted by molar-refractivity contribution is -0.123. The number of hydrogen-bond acceptors (Lipinski definition) is 4. The van der Waals surface area contributed by atoms with E-state index in [0.29, 0.717) is 6.54 Å². The maximum absolute atomic E-state index is 12.2. The maximum atomic E-state index is 12.2. The lowest BCUT2D eigenvalue weighted by atomic mass is 9.75. The Labute approximate surface area is 136 Å². The highest BCUT2D eigenvalue weighted by Crippen LogP contribution is 2.38. The molecule has 2 N–H and O–H groups in total. The second-order valence-corrected chi connectivity index (χ2v) is 6.63. The number of aliphatic hydroxyl groups is 1. The zero-order valence-electron chi connectivity index (χ0n) is 13.6. The molecule has 1 saturated carbocycles. The van der Waals surface area contributed by atoms with Crippen molar-refractivity contribution in [3.63, 3.8) is 0 Å². The molecule has 0 unspecified atom stereocenters. The topological polar surface area (TPSA) is 65.5 Å². The van der Waals surface area contributed by atoms with Crippen LogP contribution in [0, 0.1) is 5.92 Å². The molecule has 1 aromatic carbocycles. The van der Waals surface area contributed by atoms with E-state index in [-0.39, 0.29) is 24.0 Å². The number of rotatable bonds is 5. The molecule has 1 atom stereocenters. The van der Waals surface area contributed by atoms with Gasteiger partial charge < -0.3 is 15.3 Å². The lowest BCUT2D eigenvalue weighted by Crippen LogP contribution is -2.43. The zero-order valence-corrected chi connectivity index (χ0v) is 13.6. The van der Waals surface area contributed by atoms with Crippen molar-refractivity contribution in [3.05, 3.63) is 42.1 Å². The summed E-state index contributed by atoms with van der Waals surface area (Å²) in [5, 5.41) is 13.8. The van der Waals surface area contributed by atoms with Crippen molar-refractivity contribution in [2.75, 3.05) is 20.6 Å². The molecule has 0 bridgehead atoms. The van der Waals surface area contributed by atoms with Gasteiger partial charge in [-0.2, -0.15) is 0 Å². The normalized spacial score (nSPS) is 21.9. The van der Waals surface area contributed by atoms with E-state index in [9.17, 15) is 9.90 Å². The summed E-state index contributed by atoms with van der Waals surface area (Å²) < 4.78 is 0. The number of benzene rings is 1. The lowest BCUT2D eigenvalue weighted by Gasteiger charge is -2.38. The van der Waals surface area contributed by atoms with Crippen LogP contribution in [0.25, 0.3) is 10.9 Å². The van der Waals surface area contributed by atoms with Gasteiger partial charge in [0.15, 0.2) is 0 Å². The number of nitrogens with zero attached hydrogens (tertiary/aromatic N) is 2. The molecule has 1 fully saturated rings. The van der Waals surface area contributed by atoms with Crippen LogP contribution in [0.4, 0.5) is 0 Å². The van der Waals surface area contributed by atoms with Gasteiger partial charge in [-0.25, -0.2) is 0 Å². The minimum absolute atomic E-state index is 0.00505. The van der Waals surface area contributed by atoms with Crippen molar-refractivity contribution >= 4 is 16.8 Å². The monoisotopic (exact) mass is 313 g/mol. The van der Waals surface area contributed by atoms with E-state index in [4.69, 9.17) is 0 Å². The first-order chi connectivity index (χ1) is 11.0. The summed E-state index contributed by atoms with van der Waals surface area (Å²) >= 11 is 0. The average molecular weight is 313 g/mol. The minimum Gasteiger partial charge on any atom is -0.393 e. The smallest absolute Gasteiger partial charge is 0.234 e. The second-order valence-electron chi connectivity index (χ2n) is 6.63. The summed E-state index contributed by atoms with van der Waals surface area (Å²) in [5.74, 6) is 0.258. The summed E-state index contributed by atoms with van der Waals surface area (Å²) in [6.45, 7) is 0.354. The number of carbonyl (C=O) groups excluding carboxylic acids is 1. The number of likely N-dealkylation sites (N-methyl/N-ethyl adjacent to an activating group) is 1. The number of fused-ring (bicyclic) bond motifs is 1. The molecule has 1 aliphatic carbocycles. The Balaban J connectivity index is 1.85. The van der Waals surface area contributed by atoms with Crippen LogP contribution < -0.4 is 5.32 Å². The maximum Gasteiger partial charge on any atom is 0.234 e. The van der Waals surface area contributed by atoms with Gasteiger partial charge in [-0.3, -0.25) is 9.78 Å². The van der Waals surface area contributed by atoms with Crippen LogP contribution in [0.15, 0.2) is 36.5 Å². The standard InChI is InChI=1S/C18H23N3O2/c1-21(2)11-17(23)20-18(13-8-15(22)9-13)14-7-12-5-3-4-6-16(12)19-10-14/h3-7,10,13,15,18,22H,8-9,11H2,1-2H3,(H,20,23)/t13?,15?,18-/m0/s1. The van der Waals surface area contributed by atoms with Crippen LogP contribution in [-0.2, 0) is 4.79 Å². The third-order valence-corrected chi connectivity index (χ3v) is 4.37. The van der Waals surface area contributed by atoms with Gasteiger partial charge in [-0.1, -0.05) is 18.2 Å². The van der Waals surface area contributed by atoms with Crippen molar-refractivity contribution in [3.8, 4) is 0 Å². The second kappa shape index (κ2) is 6.64. The van der Waals surface area contributed by atoms with Gasteiger partial charge >= 0.3 is 0 Å². The van der Waals surface area contributed by atoms with Crippen LogP contribution in [0.5, 0.6) is 0 Å². The number of carbonyl (C=O) groups is 1. The van der Waals surface area contributed by atoms with Crippen LogP contribution >= 0.6 is 0 Å². The van der Waals surface area contributed by atoms with E-state index in [0.717, 1.165) is 29.3 Å². The zero-order chi connectivity index (χ0) is 16.4. The predicted octanol–water partition coefficient (Wildman–Crippen LogP) is 1.72. The Bertz CT molecular complexity index is 695. The predicted molar refractivity (Wildman–Crippen MR) is 89.9 cm³/mol. The van der Waals surface area contributed by atoms with Gasteiger partial charge in [0, 0.05) is 11.6 Å². The van der Waals surface area contributed by atoms with Gasteiger partial charge in [-0.05, 0) is 50.6 Å². The van der Waals surface area contributed by atoms with E-state index < -0.39 is 0 Å². The molecule has 2 aromatic rings. The van der Waals surface area contributed by atoms with Crippen molar-refractivity contribution in [1.82, 2.24) is 15.2 Å². The molecule has 1 amide bonds. The first-order valence-corrected chi connectivity index (χ1v) is 8.00. The molecule has 1 aromatic heterocycles. The fourth-order valence-electron chi connectivity index (χ4n) is 3.14. The number of para-hydroxylation sites is 1. The van der Waals surface area contributed by atoms with E-state index in [1.807, 2.05) is 49.5 Å². The highest BCUT2D eigenvalue weighted by atomic mass is 16.3. The highest BCUT2D eigenvalue weighted by Gasteiger charge is 2.35. The molecule has 0 spiro atoms. The fraction of sp³-hybridized carbons (Fsp3) is 0.444. The molecule has 1 aliphatic rings. The molecule has 23 heavy (non-hydrogen) atoms. The molecule has 1 heterocycles. The summed E-state index contributed by atoms with van der Waals surface area (Å²) in [4.78, 5) is 18.5. The van der Waals surface area contributed by atoms with Gasteiger partial charge in [-0.15, -0.1) is 0 Å². The summed E-state index contributed by atoms with van der Waals surface area (Å²) in [6.07, 6.45) is 3.04. The van der Waals surface area contributed by atoms with Gasteiger partial charge in [0.2, 0.25) is 5.91 Å². The first-order valence-electron chi connectivity index (χ1n) is 8.00. The average Bonchev–Trinajstić information content (AvgIpc) is 2.48. The highest BCUT2D eigenvalue weighted by molar-refractivity contribution is 5.80. The molecule has 3 rings (SSSR count). The Morgan fingerprint density at radius 3 is 2.83 bits per heavy atom. The Morgan fingerprint density at radius 1 is 1.39 bits per heavy atom. The van der Waals surface area contributed by atoms with E-state index in [1.54, 1.807) is 0 Å². The number of aromatic nitrogens is 1. The van der Waals surface area contributed by atoms with Gasteiger partial charge in [0.1, 0.15) is 0 Å². The van der Waals surface area contributed by atoms with Crippen LogP contribution in [-0.4, -0.2) is 47.6 Å². The van der Waals surface area contributed by atoms with Gasteiger partial charge in [0.25, 0.3) is 0 Å². The number of amides is 1. The summed E-state index contributed by atoms with van der Waals surface area (Å²) in [6, 6.07) is 9.95. The van der Waals surface area contributed by atoms with Crippen molar-refractivity contribution in [2.45, 2.75) is 25.0 Å². The van der Waals surface area contributed by atoms with Crippen LogP contribution in [0.1, 0.15) is 24.4 Å².